The van der Waals surface area contributed by atoms with Gasteiger partial charge in [-0.15, -0.1) is 0 Å². The molecule has 0 aliphatic carbocycles. The van der Waals surface area contributed by atoms with Crippen LogP contribution in [0.25, 0.3) is 0 Å². The molecule has 0 fully saturated rings. The first kappa shape index (κ1) is 14.6. The summed E-state index contributed by atoms with van der Waals surface area (Å²) in [5.41, 5.74) is 2.68. The predicted molar refractivity (Wildman–Crippen MR) is 82.9 cm³/mol. The molecule has 0 bridgehead atoms. The third-order valence-electron chi connectivity index (χ3n) is 2.74. The molecule has 0 spiro atoms. The third kappa shape index (κ3) is 4.66. The van der Waals surface area contributed by atoms with Gasteiger partial charge in [0.15, 0.2) is 0 Å². The van der Waals surface area contributed by atoms with E-state index < -0.39 is 5.95 Å². The Morgan fingerprint density at radius 2 is 1.71 bits per heavy atom. The van der Waals surface area contributed by atoms with Crippen LogP contribution in [0.15, 0.2) is 54.9 Å². The summed E-state index contributed by atoms with van der Waals surface area (Å²) in [6.45, 7) is 0. The van der Waals surface area contributed by atoms with E-state index in [4.69, 9.17) is 0 Å². The van der Waals surface area contributed by atoms with Crippen molar-refractivity contribution in [3.8, 4) is 11.8 Å². The molecule has 0 amide bonds. The molecular weight excluding hydrogens is 265 g/mol. The molecule has 2 aromatic rings. The van der Waals surface area contributed by atoms with Gasteiger partial charge >= 0.3 is 0 Å². The normalized spacial score (nSPS) is 9.29. The van der Waals surface area contributed by atoms with Gasteiger partial charge in [0.1, 0.15) is 0 Å². The van der Waals surface area contributed by atoms with Gasteiger partial charge in [0.2, 0.25) is 5.95 Å². The lowest BCUT2D eigenvalue weighted by Gasteiger charge is -2.11. The van der Waals surface area contributed by atoms with Gasteiger partial charge in [-0.2, -0.15) is 4.39 Å². The average molecular weight is 281 g/mol. The maximum Gasteiger partial charge on any atom is 0.214 e. The van der Waals surface area contributed by atoms with Gasteiger partial charge in [0, 0.05) is 25.3 Å². The Kier molecular flexibility index (Phi) is 4.94. The molecule has 3 nitrogen and oxygen atoms in total. The zero-order chi connectivity index (χ0) is 15.1. The topological polar surface area (TPSA) is 31.9 Å². The second-order valence-electron chi connectivity index (χ2n) is 4.55. The average Bonchev–Trinajstić information content (AvgIpc) is 2.58. The minimum absolute atomic E-state index is 0.555. The zero-order valence-electron chi connectivity index (χ0n) is 12.0. The first-order valence-corrected chi connectivity index (χ1v) is 6.48. The summed E-state index contributed by atoms with van der Waals surface area (Å²) in [6, 6.07) is 14.3. The van der Waals surface area contributed by atoms with Crippen LogP contribution in [0.1, 0.15) is 11.3 Å². The second kappa shape index (κ2) is 7.11. The number of H-pyrrole nitrogens is 1. The molecule has 0 saturated carbocycles. The summed E-state index contributed by atoms with van der Waals surface area (Å²) < 4.78 is 13.0. The lowest BCUT2D eigenvalue weighted by atomic mass is 10.2. The van der Waals surface area contributed by atoms with Crippen molar-refractivity contribution in [2.75, 3.05) is 19.0 Å². The molecule has 1 N–H and O–H groups in total. The molecule has 4 heteroatoms. The SMILES string of the molecule is CN(C)c1ccc(C#Cc2ccccc(F)nc[nH]2)cc1. The van der Waals surface area contributed by atoms with Gasteiger partial charge in [-0.25, -0.2) is 4.98 Å². The highest BCUT2D eigenvalue weighted by molar-refractivity contribution is 5.50. The fraction of sp³-hybridized carbons (Fsp3) is 0.118. The summed E-state index contributed by atoms with van der Waals surface area (Å²) in [6.07, 6.45) is 1.29. The number of nitrogens with zero attached hydrogens (tertiary/aromatic N) is 2. The Morgan fingerprint density at radius 3 is 2.43 bits per heavy atom. The van der Waals surface area contributed by atoms with Crippen LogP contribution < -0.4 is 4.90 Å². The zero-order valence-corrected chi connectivity index (χ0v) is 12.0. The maximum atomic E-state index is 13.0. The number of benzene rings is 1. The van der Waals surface area contributed by atoms with E-state index in [-0.39, 0.29) is 0 Å². The molecule has 1 aromatic heterocycles. The molecule has 0 saturated heterocycles. The quantitative estimate of drug-likeness (QED) is 0.814. The molecule has 0 radical (unpaired) electrons. The highest BCUT2D eigenvalue weighted by atomic mass is 19.1. The minimum atomic E-state index is -0.555. The number of nitrogens with one attached hydrogen (secondary N) is 1. The van der Waals surface area contributed by atoms with Gasteiger partial charge in [-0.3, -0.25) is 0 Å². The predicted octanol–water partition coefficient (Wildman–Crippen LogP) is 3.14. The Bertz CT molecular complexity index is 705. The van der Waals surface area contributed by atoms with E-state index in [0.717, 1.165) is 11.3 Å². The molecule has 21 heavy (non-hydrogen) atoms. The van der Waals surface area contributed by atoms with E-state index in [1.165, 1.54) is 12.4 Å². The minimum Gasteiger partial charge on any atom is -0.378 e. The van der Waals surface area contributed by atoms with Crippen molar-refractivity contribution < 1.29 is 4.39 Å². The molecule has 0 aliphatic heterocycles. The van der Waals surface area contributed by atoms with Gasteiger partial charge in [0.05, 0.1) is 12.0 Å². The molecule has 1 heterocycles. The van der Waals surface area contributed by atoms with E-state index in [9.17, 15) is 4.39 Å². The van der Waals surface area contributed by atoms with Crippen LogP contribution in [0.5, 0.6) is 0 Å². The number of halogens is 1. The Hall–Kier alpha value is -2.80. The van der Waals surface area contributed by atoms with Crippen molar-refractivity contribution in [2.24, 2.45) is 0 Å². The van der Waals surface area contributed by atoms with Crippen LogP contribution in [0.3, 0.4) is 0 Å². The fourth-order valence-electron chi connectivity index (χ4n) is 1.60. The van der Waals surface area contributed by atoms with Crippen LogP contribution in [0.2, 0.25) is 0 Å². The third-order valence-corrected chi connectivity index (χ3v) is 2.74. The van der Waals surface area contributed by atoms with Crippen LogP contribution in [-0.4, -0.2) is 24.1 Å². The summed E-state index contributed by atoms with van der Waals surface area (Å²) >= 11 is 0. The Labute approximate surface area is 123 Å². The monoisotopic (exact) mass is 281 g/mol. The van der Waals surface area contributed by atoms with Crippen molar-refractivity contribution in [1.29, 1.82) is 0 Å². The van der Waals surface area contributed by atoms with Crippen molar-refractivity contribution in [3.05, 3.63) is 72.1 Å². The Morgan fingerprint density at radius 1 is 1.00 bits per heavy atom. The molecule has 2 rings (SSSR count). The number of hydrogen-bond acceptors (Lipinski definition) is 2. The van der Waals surface area contributed by atoms with Crippen molar-refractivity contribution in [2.45, 2.75) is 0 Å². The molecule has 0 atom stereocenters. The first-order chi connectivity index (χ1) is 10.1. The molecular formula is C17H16FN3. The number of aromatic nitrogens is 2. The largest absolute Gasteiger partial charge is 0.378 e. The first-order valence-electron chi connectivity index (χ1n) is 6.48. The lowest BCUT2D eigenvalue weighted by molar-refractivity contribution is 0.584. The number of anilines is 1. The van der Waals surface area contributed by atoms with Crippen LogP contribution in [0.4, 0.5) is 10.1 Å². The second-order valence-corrected chi connectivity index (χ2v) is 4.55. The lowest BCUT2D eigenvalue weighted by Crippen LogP contribution is -2.07. The smallest absolute Gasteiger partial charge is 0.214 e. The standard InChI is InChI=1S/C17H16FN3/c1-21(2)16-11-8-14(9-12-16)7-10-15-5-3-4-6-17(18)20-13-19-15/h3-6,8-9,11-13H,1-2H3,(H,19,20). The molecule has 0 aliphatic rings. The molecule has 106 valence electrons. The van der Waals surface area contributed by atoms with Gasteiger partial charge < -0.3 is 9.88 Å². The van der Waals surface area contributed by atoms with E-state index in [1.54, 1.807) is 18.2 Å². The number of rotatable bonds is 1. The summed E-state index contributed by atoms with van der Waals surface area (Å²) in [5, 5.41) is 0. The van der Waals surface area contributed by atoms with Gasteiger partial charge in [-0.1, -0.05) is 18.1 Å². The van der Waals surface area contributed by atoms with Crippen LogP contribution in [-0.2, 0) is 0 Å². The van der Waals surface area contributed by atoms with Crippen LogP contribution >= 0.6 is 0 Å². The van der Waals surface area contributed by atoms with Crippen molar-refractivity contribution in [1.82, 2.24) is 9.97 Å². The number of hydrogen-bond donors (Lipinski definition) is 1. The van der Waals surface area contributed by atoms with Gasteiger partial charge in [0.25, 0.3) is 0 Å². The maximum absolute atomic E-state index is 13.0. The van der Waals surface area contributed by atoms with Crippen molar-refractivity contribution >= 4 is 5.69 Å². The van der Waals surface area contributed by atoms with E-state index in [1.807, 2.05) is 43.3 Å². The Balaban J connectivity index is 2.26. The van der Waals surface area contributed by atoms with E-state index in [0.29, 0.717) is 5.69 Å². The number of aromatic amines is 1. The van der Waals surface area contributed by atoms with Crippen molar-refractivity contribution in [3.63, 3.8) is 0 Å². The summed E-state index contributed by atoms with van der Waals surface area (Å²) in [5.74, 6) is 5.49. The van der Waals surface area contributed by atoms with Crippen LogP contribution in [0, 0.1) is 17.8 Å². The van der Waals surface area contributed by atoms with E-state index >= 15 is 0 Å². The highest BCUT2D eigenvalue weighted by Gasteiger charge is 1.93. The molecule has 1 aromatic carbocycles. The highest BCUT2D eigenvalue weighted by Crippen LogP contribution is 2.11. The van der Waals surface area contributed by atoms with Gasteiger partial charge in [-0.05, 0) is 42.3 Å². The molecule has 0 unspecified atom stereocenters. The summed E-state index contributed by atoms with van der Waals surface area (Å²) in [4.78, 5) is 8.45. The van der Waals surface area contributed by atoms with E-state index in [2.05, 4.69) is 21.8 Å². The fourth-order valence-corrected chi connectivity index (χ4v) is 1.60. The summed E-state index contributed by atoms with van der Waals surface area (Å²) in [7, 11) is 3.98.